The molecule has 0 saturated carbocycles. The summed E-state index contributed by atoms with van der Waals surface area (Å²) >= 11 is 1.49. The average molecular weight is 340 g/mol. The second-order valence-corrected chi connectivity index (χ2v) is 6.78. The zero-order valence-electron chi connectivity index (χ0n) is 13.8. The van der Waals surface area contributed by atoms with Crippen molar-refractivity contribution >= 4 is 28.5 Å². The van der Waals surface area contributed by atoms with E-state index in [0.29, 0.717) is 11.6 Å². The number of aryl methyl sites for hydroxylation is 1. The van der Waals surface area contributed by atoms with Crippen LogP contribution >= 0.6 is 11.8 Å². The second-order valence-electron chi connectivity index (χ2n) is 5.58. The number of amidine groups is 1. The van der Waals surface area contributed by atoms with Crippen LogP contribution < -0.4 is 10.1 Å². The van der Waals surface area contributed by atoms with Gasteiger partial charge in [0, 0.05) is 0 Å². The molecule has 0 radical (unpaired) electrons. The van der Waals surface area contributed by atoms with Crippen LogP contribution in [0, 0.1) is 0 Å². The number of thioether (sulfide) groups is 1. The first-order valence-electron chi connectivity index (χ1n) is 7.96. The Kier molecular flexibility index (Phi) is 5.20. The molecule has 1 aliphatic rings. The van der Waals surface area contributed by atoms with Crippen LogP contribution in [0.1, 0.15) is 18.1 Å². The van der Waals surface area contributed by atoms with Crippen LogP contribution in [-0.2, 0) is 17.6 Å². The maximum absolute atomic E-state index is 12.2. The molecule has 4 nitrogen and oxygen atoms in total. The van der Waals surface area contributed by atoms with E-state index in [-0.39, 0.29) is 11.2 Å². The third-order valence-electron chi connectivity index (χ3n) is 3.93. The third-order valence-corrected chi connectivity index (χ3v) is 5.01. The molecule has 0 spiro atoms. The molecule has 1 saturated heterocycles. The Labute approximate surface area is 146 Å². The monoisotopic (exact) mass is 340 g/mol. The van der Waals surface area contributed by atoms with Gasteiger partial charge in [-0.1, -0.05) is 43.0 Å². The van der Waals surface area contributed by atoms with Gasteiger partial charge in [0.25, 0.3) is 0 Å². The highest BCUT2D eigenvalue weighted by atomic mass is 32.2. The first-order valence-corrected chi connectivity index (χ1v) is 8.84. The number of hydrogen-bond acceptors (Lipinski definition) is 4. The molecule has 24 heavy (non-hydrogen) atoms. The molecule has 1 amide bonds. The molecule has 0 aromatic heterocycles. The minimum absolute atomic E-state index is 0.0137. The standard InChI is InChI=1S/C19H20N2O2S/c1-3-13-4-8-15(9-5-13)20-19-21-18(22)17(24-19)12-14-6-10-16(23-2)11-7-14/h4-11,17H,3,12H2,1-2H3,(H,20,21,22). The fourth-order valence-electron chi connectivity index (χ4n) is 2.49. The van der Waals surface area contributed by atoms with Crippen LogP contribution in [0.25, 0.3) is 0 Å². The lowest BCUT2D eigenvalue weighted by molar-refractivity contribution is -0.118. The van der Waals surface area contributed by atoms with Gasteiger partial charge in [-0.15, -0.1) is 0 Å². The molecule has 124 valence electrons. The number of aliphatic imine (C=N–C) groups is 1. The molecule has 1 N–H and O–H groups in total. The van der Waals surface area contributed by atoms with Crippen LogP contribution in [0.15, 0.2) is 53.5 Å². The first-order chi connectivity index (χ1) is 11.7. The summed E-state index contributed by atoms with van der Waals surface area (Å²) in [6.45, 7) is 2.12. The molecular formula is C19H20N2O2S. The summed E-state index contributed by atoms with van der Waals surface area (Å²) in [6, 6.07) is 15.9. The molecule has 2 aromatic carbocycles. The fourth-order valence-corrected chi connectivity index (χ4v) is 3.52. The molecule has 1 heterocycles. The van der Waals surface area contributed by atoms with E-state index >= 15 is 0 Å². The van der Waals surface area contributed by atoms with Gasteiger partial charge in [-0.05, 0) is 48.2 Å². The highest BCUT2D eigenvalue weighted by Crippen LogP contribution is 2.26. The van der Waals surface area contributed by atoms with Gasteiger partial charge < -0.3 is 10.1 Å². The zero-order chi connectivity index (χ0) is 16.9. The highest BCUT2D eigenvalue weighted by Gasteiger charge is 2.30. The Morgan fingerprint density at radius 2 is 1.75 bits per heavy atom. The van der Waals surface area contributed by atoms with E-state index in [2.05, 4.69) is 29.4 Å². The van der Waals surface area contributed by atoms with Gasteiger partial charge in [-0.2, -0.15) is 0 Å². The van der Waals surface area contributed by atoms with Crippen molar-refractivity contribution in [2.75, 3.05) is 7.11 Å². The van der Waals surface area contributed by atoms with Gasteiger partial charge in [0.05, 0.1) is 18.0 Å². The number of carbonyl (C=O) groups excluding carboxylic acids is 1. The largest absolute Gasteiger partial charge is 0.497 e. The lowest BCUT2D eigenvalue weighted by Crippen LogP contribution is -2.25. The van der Waals surface area contributed by atoms with Crippen molar-refractivity contribution in [3.8, 4) is 5.75 Å². The van der Waals surface area contributed by atoms with E-state index in [0.717, 1.165) is 23.4 Å². The molecular weight excluding hydrogens is 320 g/mol. The van der Waals surface area contributed by atoms with Gasteiger partial charge in [0.2, 0.25) is 5.91 Å². The van der Waals surface area contributed by atoms with Crippen LogP contribution in [0.5, 0.6) is 5.75 Å². The van der Waals surface area contributed by atoms with Crippen molar-refractivity contribution in [3.05, 3.63) is 59.7 Å². The predicted molar refractivity (Wildman–Crippen MR) is 99.1 cm³/mol. The van der Waals surface area contributed by atoms with E-state index in [9.17, 15) is 4.79 Å². The molecule has 0 bridgehead atoms. The molecule has 0 aliphatic carbocycles. The van der Waals surface area contributed by atoms with Crippen molar-refractivity contribution in [1.82, 2.24) is 5.32 Å². The summed E-state index contributed by atoms with van der Waals surface area (Å²) < 4.78 is 5.16. The molecule has 3 rings (SSSR count). The molecule has 1 aliphatic heterocycles. The number of nitrogens with zero attached hydrogens (tertiary/aromatic N) is 1. The minimum Gasteiger partial charge on any atom is -0.497 e. The molecule has 5 heteroatoms. The quantitative estimate of drug-likeness (QED) is 0.902. The van der Waals surface area contributed by atoms with E-state index < -0.39 is 0 Å². The second kappa shape index (κ2) is 7.53. The Morgan fingerprint density at radius 1 is 1.08 bits per heavy atom. The van der Waals surface area contributed by atoms with Gasteiger partial charge >= 0.3 is 0 Å². The molecule has 2 aromatic rings. The van der Waals surface area contributed by atoms with E-state index in [1.165, 1.54) is 17.3 Å². The predicted octanol–water partition coefficient (Wildman–Crippen LogP) is 3.72. The maximum Gasteiger partial charge on any atom is 0.239 e. The Balaban J connectivity index is 1.66. The Bertz CT molecular complexity index is 739. The number of ether oxygens (including phenoxy) is 1. The van der Waals surface area contributed by atoms with Crippen LogP contribution in [0.2, 0.25) is 0 Å². The topological polar surface area (TPSA) is 50.7 Å². The molecule has 1 atom stereocenters. The van der Waals surface area contributed by atoms with Crippen molar-refractivity contribution in [2.24, 2.45) is 4.99 Å². The van der Waals surface area contributed by atoms with Crippen LogP contribution in [0.4, 0.5) is 5.69 Å². The highest BCUT2D eigenvalue weighted by molar-refractivity contribution is 8.15. The lowest BCUT2D eigenvalue weighted by Gasteiger charge is -2.06. The smallest absolute Gasteiger partial charge is 0.239 e. The number of benzene rings is 2. The van der Waals surface area contributed by atoms with E-state index in [4.69, 9.17) is 4.74 Å². The number of amides is 1. The van der Waals surface area contributed by atoms with Crippen molar-refractivity contribution in [2.45, 2.75) is 25.0 Å². The summed E-state index contributed by atoms with van der Waals surface area (Å²) in [4.78, 5) is 16.7. The van der Waals surface area contributed by atoms with Gasteiger partial charge in [0.1, 0.15) is 5.75 Å². The number of nitrogens with one attached hydrogen (secondary N) is 1. The summed E-state index contributed by atoms with van der Waals surface area (Å²) in [5.41, 5.74) is 3.25. The van der Waals surface area contributed by atoms with Crippen molar-refractivity contribution in [3.63, 3.8) is 0 Å². The zero-order valence-corrected chi connectivity index (χ0v) is 14.6. The van der Waals surface area contributed by atoms with Gasteiger partial charge in [-0.3, -0.25) is 4.79 Å². The fraction of sp³-hybridized carbons (Fsp3) is 0.263. The number of hydrogen-bond donors (Lipinski definition) is 1. The average Bonchev–Trinajstić information content (AvgIpc) is 2.95. The van der Waals surface area contributed by atoms with Gasteiger partial charge in [-0.25, -0.2) is 4.99 Å². The number of carbonyl (C=O) groups is 1. The summed E-state index contributed by atoms with van der Waals surface area (Å²) in [7, 11) is 1.64. The van der Waals surface area contributed by atoms with E-state index in [1.807, 2.05) is 36.4 Å². The van der Waals surface area contributed by atoms with Crippen molar-refractivity contribution < 1.29 is 9.53 Å². The summed E-state index contributed by atoms with van der Waals surface area (Å²) in [5.74, 6) is 0.833. The number of methoxy groups -OCH3 is 1. The van der Waals surface area contributed by atoms with E-state index in [1.54, 1.807) is 7.11 Å². The van der Waals surface area contributed by atoms with Gasteiger partial charge in [0.15, 0.2) is 5.17 Å². The third kappa shape index (κ3) is 3.97. The van der Waals surface area contributed by atoms with Crippen molar-refractivity contribution in [1.29, 1.82) is 0 Å². The Morgan fingerprint density at radius 3 is 2.38 bits per heavy atom. The SMILES string of the molecule is CCc1ccc(N=C2NC(=O)C(Cc3ccc(OC)cc3)S2)cc1. The summed E-state index contributed by atoms with van der Waals surface area (Å²) in [6.07, 6.45) is 1.68. The number of rotatable bonds is 5. The minimum atomic E-state index is -0.146. The normalized spacial score (nSPS) is 18.7. The maximum atomic E-state index is 12.2. The molecule has 1 unspecified atom stereocenters. The van der Waals surface area contributed by atoms with Crippen LogP contribution in [-0.4, -0.2) is 23.4 Å². The first kappa shape index (κ1) is 16.6. The summed E-state index contributed by atoms with van der Waals surface area (Å²) in [5, 5.41) is 3.40. The lowest BCUT2D eigenvalue weighted by atomic mass is 10.1. The molecule has 1 fully saturated rings. The van der Waals surface area contributed by atoms with Crippen LogP contribution in [0.3, 0.4) is 0 Å². The Hall–Kier alpha value is -2.27.